The number of carbonyl (C=O) groups excluding carboxylic acids is 3. The van der Waals surface area contributed by atoms with Crippen LogP contribution in [0, 0.1) is 0 Å². The van der Waals surface area contributed by atoms with Crippen LogP contribution < -0.4 is 30.4 Å². The first-order chi connectivity index (χ1) is 17.2. The standard InChI is InChI=1S/C27H34N2O7/c1-33-22-13-11-17(14-20(22)19(27(29)32)8-6-5-7-9-25(28)31)10-12-21(30)18-15-23(34-2)26(36-4)24(16-18)35-3/h10-16,19H,5-9H2,1-4H3,(H2,28,31)(H2,29,32)/b12-10+. The lowest BCUT2D eigenvalue weighted by Gasteiger charge is -2.18. The van der Waals surface area contributed by atoms with E-state index in [1.807, 2.05) is 0 Å². The van der Waals surface area contributed by atoms with Crippen LogP contribution in [0.5, 0.6) is 23.0 Å². The molecule has 0 aliphatic carbocycles. The van der Waals surface area contributed by atoms with Crippen molar-refractivity contribution < 1.29 is 33.3 Å². The average Bonchev–Trinajstić information content (AvgIpc) is 2.87. The van der Waals surface area contributed by atoms with Crippen LogP contribution >= 0.6 is 0 Å². The summed E-state index contributed by atoms with van der Waals surface area (Å²) in [5.74, 6) is 0.0131. The van der Waals surface area contributed by atoms with Crippen LogP contribution in [0.15, 0.2) is 36.4 Å². The highest BCUT2D eigenvalue weighted by Crippen LogP contribution is 2.38. The van der Waals surface area contributed by atoms with E-state index in [1.165, 1.54) is 34.5 Å². The molecule has 0 bridgehead atoms. The van der Waals surface area contributed by atoms with Gasteiger partial charge in [0.05, 0.1) is 34.4 Å². The third-order valence-corrected chi connectivity index (χ3v) is 5.76. The molecular formula is C27H34N2O7. The fraction of sp³-hybridized carbons (Fsp3) is 0.370. The molecular weight excluding hydrogens is 464 g/mol. The Morgan fingerprint density at radius 3 is 2.00 bits per heavy atom. The molecule has 0 aromatic heterocycles. The van der Waals surface area contributed by atoms with Crippen molar-refractivity contribution in [3.05, 3.63) is 53.1 Å². The van der Waals surface area contributed by atoms with Crippen LogP contribution in [-0.2, 0) is 9.59 Å². The SMILES string of the molecule is COc1ccc(/C=C/C(=O)c2cc(OC)c(OC)c(OC)c2)cc1C(CCCCCC(N)=O)C(N)=O. The molecule has 0 radical (unpaired) electrons. The minimum absolute atomic E-state index is 0.271. The first kappa shape index (κ1) is 28.2. The topological polar surface area (TPSA) is 140 Å². The highest BCUT2D eigenvalue weighted by atomic mass is 16.5. The van der Waals surface area contributed by atoms with Gasteiger partial charge in [-0.25, -0.2) is 0 Å². The molecule has 0 saturated heterocycles. The van der Waals surface area contributed by atoms with E-state index in [4.69, 9.17) is 30.4 Å². The smallest absolute Gasteiger partial charge is 0.225 e. The van der Waals surface area contributed by atoms with Gasteiger partial charge in [-0.15, -0.1) is 0 Å². The summed E-state index contributed by atoms with van der Waals surface area (Å²) in [5.41, 5.74) is 12.6. The summed E-state index contributed by atoms with van der Waals surface area (Å²) in [7, 11) is 5.97. The molecule has 0 spiro atoms. The van der Waals surface area contributed by atoms with Crippen molar-refractivity contribution in [2.45, 2.75) is 38.0 Å². The Hall–Kier alpha value is -4.01. The number of ketones is 1. The van der Waals surface area contributed by atoms with Crippen molar-refractivity contribution in [1.29, 1.82) is 0 Å². The van der Waals surface area contributed by atoms with E-state index < -0.39 is 11.8 Å². The van der Waals surface area contributed by atoms with E-state index in [9.17, 15) is 14.4 Å². The van der Waals surface area contributed by atoms with Gasteiger partial charge in [-0.3, -0.25) is 14.4 Å². The Morgan fingerprint density at radius 1 is 0.833 bits per heavy atom. The third-order valence-electron chi connectivity index (χ3n) is 5.76. The maximum Gasteiger partial charge on any atom is 0.225 e. The number of nitrogens with two attached hydrogens (primary N) is 2. The normalized spacial score (nSPS) is 11.7. The number of carbonyl (C=O) groups is 3. The van der Waals surface area contributed by atoms with Crippen molar-refractivity contribution in [2.24, 2.45) is 11.5 Å². The third kappa shape index (κ3) is 7.49. The lowest BCUT2D eigenvalue weighted by molar-refractivity contribution is -0.120. The molecule has 2 amide bonds. The highest BCUT2D eigenvalue weighted by molar-refractivity contribution is 6.07. The summed E-state index contributed by atoms with van der Waals surface area (Å²) in [4.78, 5) is 36.1. The molecule has 36 heavy (non-hydrogen) atoms. The summed E-state index contributed by atoms with van der Waals surface area (Å²) in [6, 6.07) is 8.47. The number of hydrogen-bond acceptors (Lipinski definition) is 7. The molecule has 2 aromatic rings. The summed E-state index contributed by atoms with van der Waals surface area (Å²) >= 11 is 0. The maximum absolute atomic E-state index is 12.9. The van der Waals surface area contributed by atoms with Crippen LogP contribution in [0.25, 0.3) is 6.08 Å². The first-order valence-electron chi connectivity index (χ1n) is 11.5. The van der Waals surface area contributed by atoms with Gasteiger partial charge in [-0.1, -0.05) is 25.0 Å². The second-order valence-corrected chi connectivity index (χ2v) is 8.13. The number of rotatable bonds is 15. The molecule has 4 N–H and O–H groups in total. The van der Waals surface area contributed by atoms with Gasteiger partial charge < -0.3 is 30.4 Å². The second kappa shape index (κ2) is 13.8. The van der Waals surface area contributed by atoms with Crippen molar-refractivity contribution >= 4 is 23.7 Å². The summed E-state index contributed by atoms with van der Waals surface area (Å²) in [6.45, 7) is 0. The Bertz CT molecular complexity index is 1090. The van der Waals surface area contributed by atoms with E-state index in [0.29, 0.717) is 65.4 Å². The summed E-state index contributed by atoms with van der Waals surface area (Å²) in [6.07, 6.45) is 5.99. The number of methoxy groups -OCH3 is 4. The van der Waals surface area contributed by atoms with Gasteiger partial charge in [0.2, 0.25) is 17.6 Å². The van der Waals surface area contributed by atoms with Crippen LogP contribution in [0.2, 0.25) is 0 Å². The van der Waals surface area contributed by atoms with Crippen LogP contribution in [-0.4, -0.2) is 46.0 Å². The monoisotopic (exact) mass is 498 g/mol. The molecule has 0 aliphatic heterocycles. The zero-order valence-electron chi connectivity index (χ0n) is 21.2. The Morgan fingerprint density at radius 2 is 1.47 bits per heavy atom. The van der Waals surface area contributed by atoms with Crippen molar-refractivity contribution in [1.82, 2.24) is 0 Å². The number of amides is 2. The van der Waals surface area contributed by atoms with Gasteiger partial charge in [0.1, 0.15) is 5.75 Å². The molecule has 0 saturated carbocycles. The van der Waals surface area contributed by atoms with Crippen molar-refractivity contribution in [2.75, 3.05) is 28.4 Å². The number of unbranched alkanes of at least 4 members (excludes halogenated alkanes) is 2. The minimum Gasteiger partial charge on any atom is -0.496 e. The van der Waals surface area contributed by atoms with Gasteiger partial charge in [-0.2, -0.15) is 0 Å². The predicted molar refractivity (Wildman–Crippen MR) is 137 cm³/mol. The van der Waals surface area contributed by atoms with Crippen LogP contribution in [0.1, 0.15) is 59.5 Å². The molecule has 194 valence electrons. The minimum atomic E-state index is -0.576. The van der Waals surface area contributed by atoms with E-state index in [0.717, 1.165) is 6.42 Å². The van der Waals surface area contributed by atoms with Crippen LogP contribution in [0.3, 0.4) is 0 Å². The molecule has 2 rings (SSSR count). The second-order valence-electron chi connectivity index (χ2n) is 8.13. The molecule has 0 fully saturated rings. The molecule has 0 heterocycles. The average molecular weight is 499 g/mol. The van der Waals surface area contributed by atoms with Crippen molar-refractivity contribution in [3.63, 3.8) is 0 Å². The molecule has 1 unspecified atom stereocenters. The Kier molecular flexibility index (Phi) is 10.8. The lowest BCUT2D eigenvalue weighted by atomic mass is 9.90. The molecule has 0 aliphatic rings. The van der Waals surface area contributed by atoms with Gasteiger partial charge in [0, 0.05) is 17.5 Å². The number of ether oxygens (including phenoxy) is 4. The Balaban J connectivity index is 2.27. The fourth-order valence-corrected chi connectivity index (χ4v) is 3.90. The van der Waals surface area contributed by atoms with Crippen molar-refractivity contribution in [3.8, 4) is 23.0 Å². The highest BCUT2D eigenvalue weighted by Gasteiger charge is 2.22. The summed E-state index contributed by atoms with van der Waals surface area (Å²) in [5, 5.41) is 0. The molecule has 9 nitrogen and oxygen atoms in total. The molecule has 2 aromatic carbocycles. The van der Waals surface area contributed by atoms with Crippen LogP contribution in [0.4, 0.5) is 0 Å². The number of primary amides is 2. The van der Waals surface area contributed by atoms with Gasteiger partial charge >= 0.3 is 0 Å². The zero-order valence-corrected chi connectivity index (χ0v) is 21.2. The summed E-state index contributed by atoms with van der Waals surface area (Å²) < 4.78 is 21.4. The van der Waals surface area contributed by atoms with E-state index in [-0.39, 0.29) is 11.7 Å². The van der Waals surface area contributed by atoms with E-state index in [2.05, 4.69) is 0 Å². The fourth-order valence-electron chi connectivity index (χ4n) is 3.90. The number of hydrogen-bond donors (Lipinski definition) is 2. The quantitative estimate of drug-likeness (QED) is 0.217. The van der Waals surface area contributed by atoms with Gasteiger partial charge in [-0.05, 0) is 48.7 Å². The first-order valence-corrected chi connectivity index (χ1v) is 11.5. The van der Waals surface area contributed by atoms with Gasteiger partial charge in [0.15, 0.2) is 17.3 Å². The largest absolute Gasteiger partial charge is 0.496 e. The predicted octanol–water partition coefficient (Wildman–Crippen LogP) is 3.62. The Labute approximate surface area is 211 Å². The van der Waals surface area contributed by atoms with Gasteiger partial charge in [0.25, 0.3) is 0 Å². The van der Waals surface area contributed by atoms with E-state index >= 15 is 0 Å². The number of benzene rings is 2. The van der Waals surface area contributed by atoms with E-state index in [1.54, 1.807) is 36.4 Å². The zero-order chi connectivity index (χ0) is 26.7. The molecule has 9 heteroatoms. The lowest BCUT2D eigenvalue weighted by Crippen LogP contribution is -2.22. The maximum atomic E-state index is 12.9. The number of allylic oxidation sites excluding steroid dienone is 1. The molecule has 1 atom stereocenters.